The van der Waals surface area contributed by atoms with Crippen molar-refractivity contribution in [3.63, 3.8) is 0 Å². The first-order valence-corrected chi connectivity index (χ1v) is 5.22. The molecule has 2 aromatic rings. The van der Waals surface area contributed by atoms with E-state index in [2.05, 4.69) is 4.98 Å². The predicted molar refractivity (Wildman–Crippen MR) is 56.4 cm³/mol. The highest BCUT2D eigenvalue weighted by atomic mass is 35.5. The van der Waals surface area contributed by atoms with E-state index in [9.17, 15) is 0 Å². The molecule has 0 aliphatic rings. The van der Waals surface area contributed by atoms with Crippen LogP contribution in [0.5, 0.6) is 0 Å². The van der Waals surface area contributed by atoms with Crippen LogP contribution in [-0.2, 0) is 6.42 Å². The summed E-state index contributed by atoms with van der Waals surface area (Å²) in [5, 5.41) is 0.785. The zero-order valence-corrected chi connectivity index (χ0v) is 8.48. The van der Waals surface area contributed by atoms with Gasteiger partial charge in [-0.15, -0.1) is 11.3 Å². The third kappa shape index (κ3) is 2.29. The minimum absolute atomic E-state index is 0.785. The Balaban J connectivity index is 2.15. The summed E-state index contributed by atoms with van der Waals surface area (Å²) in [6, 6.07) is 7.92. The summed E-state index contributed by atoms with van der Waals surface area (Å²) in [4.78, 5) is 5.31. The highest BCUT2D eigenvalue weighted by molar-refractivity contribution is 7.09. The highest BCUT2D eigenvalue weighted by Gasteiger charge is 1.97. The Morgan fingerprint density at radius 2 is 2.00 bits per heavy atom. The zero-order valence-electron chi connectivity index (χ0n) is 6.90. The molecule has 1 aromatic carbocycles. The van der Waals surface area contributed by atoms with Crippen LogP contribution in [0.3, 0.4) is 0 Å². The minimum Gasteiger partial charge on any atom is -0.253 e. The van der Waals surface area contributed by atoms with Gasteiger partial charge in [-0.3, -0.25) is 4.98 Å². The molecule has 0 amide bonds. The van der Waals surface area contributed by atoms with Gasteiger partial charge in [0.1, 0.15) is 0 Å². The van der Waals surface area contributed by atoms with Gasteiger partial charge in [0.2, 0.25) is 0 Å². The molecule has 0 radical (unpaired) electrons. The number of benzene rings is 1. The van der Waals surface area contributed by atoms with Gasteiger partial charge in [-0.2, -0.15) is 0 Å². The Labute approximate surface area is 86.0 Å². The molecule has 1 heterocycles. The zero-order chi connectivity index (χ0) is 9.10. The largest absolute Gasteiger partial charge is 0.253 e. The van der Waals surface area contributed by atoms with Gasteiger partial charge in [-0.05, 0) is 17.7 Å². The molecule has 0 fully saturated rings. The first-order valence-electron chi connectivity index (χ1n) is 3.96. The van der Waals surface area contributed by atoms with E-state index in [4.69, 9.17) is 11.6 Å². The summed E-state index contributed by atoms with van der Waals surface area (Å²) in [6.45, 7) is 0. The molecule has 1 aromatic heterocycles. The normalized spacial score (nSPS) is 10.2. The number of aromatic nitrogens is 1. The van der Waals surface area contributed by atoms with Gasteiger partial charge in [0.15, 0.2) is 0 Å². The van der Waals surface area contributed by atoms with Crippen LogP contribution in [0.15, 0.2) is 36.0 Å². The van der Waals surface area contributed by atoms with Crippen molar-refractivity contribution < 1.29 is 0 Å². The summed E-state index contributed by atoms with van der Waals surface area (Å²) in [6.07, 6.45) is 2.85. The van der Waals surface area contributed by atoms with E-state index in [1.54, 1.807) is 11.3 Å². The molecule has 1 nitrogen and oxygen atoms in total. The van der Waals surface area contributed by atoms with Crippen molar-refractivity contribution in [2.75, 3.05) is 0 Å². The topological polar surface area (TPSA) is 12.9 Å². The molecule has 0 spiro atoms. The average Bonchev–Trinajstić information content (AvgIpc) is 2.62. The fraction of sp³-hybridized carbons (Fsp3) is 0.100. The van der Waals surface area contributed by atoms with Crippen LogP contribution in [0.4, 0.5) is 0 Å². The quantitative estimate of drug-likeness (QED) is 0.739. The fourth-order valence-electron chi connectivity index (χ4n) is 1.13. The summed E-state index contributed by atoms with van der Waals surface area (Å²) in [7, 11) is 0. The van der Waals surface area contributed by atoms with Crippen molar-refractivity contribution in [1.82, 2.24) is 4.98 Å². The predicted octanol–water partition coefficient (Wildman–Crippen LogP) is 3.39. The first-order chi connectivity index (χ1) is 6.34. The number of thiazole rings is 1. The van der Waals surface area contributed by atoms with E-state index < -0.39 is 0 Å². The number of hydrogen-bond donors (Lipinski definition) is 0. The number of rotatable bonds is 2. The lowest BCUT2D eigenvalue weighted by Crippen LogP contribution is -1.82. The maximum Gasteiger partial charge on any atom is 0.0794 e. The van der Waals surface area contributed by atoms with Gasteiger partial charge in [-0.1, -0.05) is 23.7 Å². The van der Waals surface area contributed by atoms with Crippen LogP contribution >= 0.6 is 22.9 Å². The maximum absolute atomic E-state index is 5.78. The summed E-state index contributed by atoms with van der Waals surface area (Å²) in [5.41, 5.74) is 3.12. The van der Waals surface area contributed by atoms with Gasteiger partial charge in [0.25, 0.3) is 0 Å². The van der Waals surface area contributed by atoms with Crippen LogP contribution in [0.25, 0.3) is 0 Å². The van der Waals surface area contributed by atoms with Crippen molar-refractivity contribution >= 4 is 22.9 Å². The van der Waals surface area contributed by atoms with E-state index >= 15 is 0 Å². The molecule has 0 saturated heterocycles. The van der Waals surface area contributed by atoms with E-state index in [0.29, 0.717) is 0 Å². The highest BCUT2D eigenvalue weighted by Crippen LogP contribution is 2.15. The van der Waals surface area contributed by atoms with Gasteiger partial charge in [-0.25, -0.2) is 0 Å². The maximum atomic E-state index is 5.78. The van der Waals surface area contributed by atoms with E-state index in [1.807, 2.05) is 36.0 Å². The van der Waals surface area contributed by atoms with Gasteiger partial charge in [0.05, 0.1) is 5.51 Å². The van der Waals surface area contributed by atoms with Crippen LogP contribution in [-0.4, -0.2) is 4.98 Å². The van der Waals surface area contributed by atoms with Crippen LogP contribution < -0.4 is 0 Å². The van der Waals surface area contributed by atoms with Gasteiger partial charge in [0, 0.05) is 22.5 Å². The van der Waals surface area contributed by atoms with E-state index in [0.717, 1.165) is 11.4 Å². The molecule has 2 rings (SSSR count). The summed E-state index contributed by atoms with van der Waals surface area (Å²) in [5.74, 6) is 0. The Bertz CT molecular complexity index is 366. The summed E-state index contributed by atoms with van der Waals surface area (Å²) >= 11 is 7.46. The van der Waals surface area contributed by atoms with Crippen molar-refractivity contribution in [3.8, 4) is 0 Å². The first kappa shape index (κ1) is 8.73. The molecule has 0 atom stereocenters. The van der Waals surface area contributed by atoms with Gasteiger partial charge < -0.3 is 0 Å². The second-order valence-electron chi connectivity index (χ2n) is 2.77. The van der Waals surface area contributed by atoms with Crippen molar-refractivity contribution in [1.29, 1.82) is 0 Å². The Morgan fingerprint density at radius 1 is 1.23 bits per heavy atom. The van der Waals surface area contributed by atoms with Crippen LogP contribution in [0.2, 0.25) is 5.02 Å². The second-order valence-corrected chi connectivity index (χ2v) is 4.18. The fourth-order valence-corrected chi connectivity index (χ4v) is 1.89. The van der Waals surface area contributed by atoms with Crippen molar-refractivity contribution in [2.45, 2.75) is 6.42 Å². The third-order valence-electron chi connectivity index (χ3n) is 1.78. The number of halogens is 1. The standard InChI is InChI=1S/C10H8ClNS/c11-9-3-1-8(2-4-9)5-10-6-12-7-13-10/h1-4,6-7H,5H2. The molecule has 0 bridgehead atoms. The third-order valence-corrected chi connectivity index (χ3v) is 2.81. The molecule has 0 aliphatic carbocycles. The molecule has 0 N–H and O–H groups in total. The lowest BCUT2D eigenvalue weighted by molar-refractivity contribution is 1.22. The summed E-state index contributed by atoms with van der Waals surface area (Å²) < 4.78 is 0. The number of nitrogens with zero attached hydrogens (tertiary/aromatic N) is 1. The molecule has 3 heteroatoms. The Kier molecular flexibility index (Phi) is 2.62. The lowest BCUT2D eigenvalue weighted by Gasteiger charge is -1.97. The molecule has 0 unspecified atom stereocenters. The van der Waals surface area contributed by atoms with Crippen molar-refractivity contribution in [3.05, 3.63) is 51.4 Å². The Morgan fingerprint density at radius 3 is 2.62 bits per heavy atom. The van der Waals surface area contributed by atoms with E-state index in [1.165, 1.54) is 10.4 Å². The Hall–Kier alpha value is -0.860. The molecule has 0 saturated carbocycles. The smallest absolute Gasteiger partial charge is 0.0794 e. The molecule has 66 valence electrons. The van der Waals surface area contributed by atoms with Gasteiger partial charge >= 0.3 is 0 Å². The van der Waals surface area contributed by atoms with E-state index in [-0.39, 0.29) is 0 Å². The monoisotopic (exact) mass is 209 g/mol. The lowest BCUT2D eigenvalue weighted by atomic mass is 10.1. The second kappa shape index (κ2) is 3.90. The minimum atomic E-state index is 0.785. The SMILES string of the molecule is Clc1ccc(Cc2cncs2)cc1. The van der Waals surface area contributed by atoms with Crippen LogP contribution in [0.1, 0.15) is 10.4 Å². The molecule has 13 heavy (non-hydrogen) atoms. The van der Waals surface area contributed by atoms with Crippen LogP contribution in [0, 0.1) is 0 Å². The number of hydrogen-bond acceptors (Lipinski definition) is 2. The molecular formula is C10H8ClNS. The molecular weight excluding hydrogens is 202 g/mol. The molecule has 0 aliphatic heterocycles. The average molecular weight is 210 g/mol. The van der Waals surface area contributed by atoms with Crippen molar-refractivity contribution in [2.24, 2.45) is 0 Å².